The van der Waals surface area contributed by atoms with Crippen molar-refractivity contribution in [2.45, 2.75) is 25.4 Å². The summed E-state index contributed by atoms with van der Waals surface area (Å²) >= 11 is 1.42. The highest BCUT2D eigenvalue weighted by Crippen LogP contribution is 2.27. The maximum atomic E-state index is 10.6. The van der Waals surface area contributed by atoms with Crippen LogP contribution in [0.2, 0.25) is 0 Å². The van der Waals surface area contributed by atoms with Gasteiger partial charge >= 0.3 is 12.1 Å². The first-order valence-electron chi connectivity index (χ1n) is 10.2. The lowest BCUT2D eigenvalue weighted by molar-refractivity contribution is -0.192. The first-order valence-corrected chi connectivity index (χ1v) is 11.0. The van der Waals surface area contributed by atoms with Gasteiger partial charge in [0, 0.05) is 51.1 Å². The molecule has 0 unspecified atom stereocenters. The predicted molar refractivity (Wildman–Crippen MR) is 118 cm³/mol. The number of ether oxygens (including phenoxy) is 1. The number of carbonyl (C=O) groups is 1. The smallest absolute Gasteiger partial charge is 0.475 e. The zero-order valence-electron chi connectivity index (χ0n) is 17.8. The molecule has 1 aliphatic rings. The van der Waals surface area contributed by atoms with Crippen molar-refractivity contribution in [2.75, 3.05) is 57.1 Å². The van der Waals surface area contributed by atoms with Gasteiger partial charge in [0.25, 0.3) is 0 Å². The Balaban J connectivity index is 0.000000451. The molecule has 1 aromatic carbocycles. The van der Waals surface area contributed by atoms with Crippen LogP contribution in [0.3, 0.4) is 0 Å². The van der Waals surface area contributed by atoms with E-state index in [1.165, 1.54) is 42.8 Å². The number of hydrogen-bond acceptors (Lipinski definition) is 8. The first kappa shape index (κ1) is 25.8. The van der Waals surface area contributed by atoms with Crippen LogP contribution < -0.4 is 10.6 Å². The van der Waals surface area contributed by atoms with E-state index in [1.807, 2.05) is 0 Å². The van der Waals surface area contributed by atoms with Crippen molar-refractivity contribution in [1.82, 2.24) is 15.1 Å². The van der Waals surface area contributed by atoms with E-state index in [1.54, 1.807) is 7.11 Å². The number of halogens is 3. The van der Waals surface area contributed by atoms with E-state index >= 15 is 0 Å². The second-order valence-corrected chi connectivity index (χ2v) is 8.19. The van der Waals surface area contributed by atoms with Crippen LogP contribution in [0.25, 0.3) is 10.6 Å². The molecule has 0 atom stereocenters. The lowest BCUT2D eigenvalue weighted by atomic mass is 10.1. The number of unbranched alkanes of at least 4 members (excludes halogenated alkanes) is 2. The topological polar surface area (TPSA) is 105 Å². The minimum absolute atomic E-state index is 0.511. The molecule has 12 heteroatoms. The Morgan fingerprint density at radius 1 is 1.12 bits per heavy atom. The van der Waals surface area contributed by atoms with Crippen LogP contribution in [0.15, 0.2) is 24.3 Å². The molecule has 3 N–H and O–H groups in total. The van der Waals surface area contributed by atoms with Crippen LogP contribution >= 0.6 is 11.3 Å². The number of aliphatic carboxylic acids is 1. The van der Waals surface area contributed by atoms with Crippen molar-refractivity contribution >= 4 is 28.1 Å². The third-order valence-corrected chi connectivity index (χ3v) is 5.66. The maximum absolute atomic E-state index is 10.6. The van der Waals surface area contributed by atoms with Gasteiger partial charge in [-0.3, -0.25) is 4.90 Å². The Kier molecular flexibility index (Phi) is 10.1. The minimum Gasteiger partial charge on any atom is -0.475 e. The zero-order chi connectivity index (χ0) is 23.6. The van der Waals surface area contributed by atoms with Crippen LogP contribution in [0.5, 0.6) is 0 Å². The number of hydrogen-bond donors (Lipinski definition) is 2. The van der Waals surface area contributed by atoms with Crippen LogP contribution in [-0.2, 0) is 9.53 Å². The Labute approximate surface area is 188 Å². The van der Waals surface area contributed by atoms with Gasteiger partial charge in [-0.2, -0.15) is 13.2 Å². The fraction of sp³-hybridized carbons (Fsp3) is 0.550. The molecule has 1 fully saturated rings. The lowest BCUT2D eigenvalue weighted by Gasteiger charge is -2.36. The fourth-order valence-corrected chi connectivity index (χ4v) is 3.77. The number of carboxylic acids is 1. The maximum Gasteiger partial charge on any atom is 0.490 e. The average molecular weight is 476 g/mol. The summed E-state index contributed by atoms with van der Waals surface area (Å²) in [4.78, 5) is 13.9. The average Bonchev–Trinajstić information content (AvgIpc) is 3.20. The lowest BCUT2D eigenvalue weighted by Crippen LogP contribution is -2.46. The molecule has 178 valence electrons. The van der Waals surface area contributed by atoms with E-state index in [0.29, 0.717) is 5.13 Å². The van der Waals surface area contributed by atoms with Gasteiger partial charge in [0.15, 0.2) is 0 Å². The molecule has 2 aromatic rings. The van der Waals surface area contributed by atoms with Crippen LogP contribution in [-0.4, -0.2) is 78.8 Å². The summed E-state index contributed by atoms with van der Waals surface area (Å²) in [6.07, 6.45) is -1.39. The van der Waals surface area contributed by atoms with E-state index in [0.717, 1.165) is 43.4 Å². The molecule has 0 amide bonds. The standard InChI is InChI=1S/C18H27N5OS.C2HF3O2/c1-24-14-4-2-3-9-22-10-12-23(13-11-22)16-7-5-15(6-8-16)17-20-21-18(19)25-17;3-2(4,5)1(6)7/h5-8H,2-4,9-14H2,1H3,(H2,19,21);(H,6,7). The third kappa shape index (κ3) is 8.60. The first-order chi connectivity index (χ1) is 15.2. The van der Waals surface area contributed by atoms with E-state index in [9.17, 15) is 13.2 Å². The summed E-state index contributed by atoms with van der Waals surface area (Å²) in [5.74, 6) is -2.76. The minimum atomic E-state index is -5.08. The van der Waals surface area contributed by atoms with Crippen LogP contribution in [0, 0.1) is 0 Å². The highest BCUT2D eigenvalue weighted by Gasteiger charge is 2.38. The number of carboxylic acid groups (broad SMARTS) is 1. The number of aromatic nitrogens is 2. The quantitative estimate of drug-likeness (QED) is 0.560. The van der Waals surface area contributed by atoms with Crippen molar-refractivity contribution in [3.63, 3.8) is 0 Å². The Morgan fingerprint density at radius 2 is 1.75 bits per heavy atom. The van der Waals surface area contributed by atoms with Gasteiger partial charge in [-0.1, -0.05) is 11.3 Å². The number of benzene rings is 1. The molecule has 3 rings (SSSR count). The second kappa shape index (κ2) is 12.6. The number of nitrogens with two attached hydrogens (primary N) is 1. The zero-order valence-corrected chi connectivity index (χ0v) is 18.7. The largest absolute Gasteiger partial charge is 0.490 e. The van der Waals surface area contributed by atoms with E-state index in [-0.39, 0.29) is 0 Å². The van der Waals surface area contributed by atoms with E-state index in [4.69, 9.17) is 20.4 Å². The van der Waals surface area contributed by atoms with Crippen molar-refractivity contribution in [3.8, 4) is 10.6 Å². The fourth-order valence-electron chi connectivity index (χ4n) is 3.15. The molecular formula is C20H28F3N5O3S. The number of piperazine rings is 1. The van der Waals surface area contributed by atoms with Crippen LogP contribution in [0.1, 0.15) is 19.3 Å². The van der Waals surface area contributed by atoms with Gasteiger partial charge in [-0.05, 0) is 50.1 Å². The molecule has 1 aromatic heterocycles. The summed E-state index contributed by atoms with van der Waals surface area (Å²) in [7, 11) is 1.77. The molecule has 32 heavy (non-hydrogen) atoms. The van der Waals surface area contributed by atoms with Gasteiger partial charge in [0.1, 0.15) is 5.01 Å². The molecule has 0 aliphatic carbocycles. The number of nitrogen functional groups attached to an aromatic ring is 1. The van der Waals surface area contributed by atoms with E-state index < -0.39 is 12.1 Å². The van der Waals surface area contributed by atoms with Gasteiger partial charge in [-0.25, -0.2) is 4.79 Å². The number of methoxy groups -OCH3 is 1. The Bertz CT molecular complexity index is 825. The summed E-state index contributed by atoms with van der Waals surface area (Å²) in [5.41, 5.74) is 8.02. The normalized spacial score (nSPS) is 14.7. The van der Waals surface area contributed by atoms with E-state index in [2.05, 4.69) is 44.3 Å². The molecule has 1 saturated heterocycles. The SMILES string of the molecule is COCCCCCN1CCN(c2ccc(-c3nnc(N)s3)cc2)CC1.O=C(O)C(F)(F)F. The van der Waals surface area contributed by atoms with Gasteiger partial charge < -0.3 is 20.5 Å². The van der Waals surface area contributed by atoms with Gasteiger partial charge in [0.05, 0.1) is 0 Å². The molecule has 8 nitrogen and oxygen atoms in total. The summed E-state index contributed by atoms with van der Waals surface area (Å²) in [6, 6.07) is 8.57. The Hall–Kier alpha value is -2.44. The van der Waals surface area contributed by atoms with Crippen molar-refractivity contribution < 1.29 is 27.8 Å². The number of nitrogens with zero attached hydrogens (tertiary/aromatic N) is 4. The van der Waals surface area contributed by atoms with Gasteiger partial charge in [0.2, 0.25) is 5.13 Å². The monoisotopic (exact) mass is 475 g/mol. The molecule has 0 radical (unpaired) electrons. The summed E-state index contributed by atoms with van der Waals surface area (Å²) in [6.45, 7) is 6.53. The van der Waals surface area contributed by atoms with Crippen LogP contribution in [0.4, 0.5) is 24.0 Å². The Morgan fingerprint density at radius 3 is 2.25 bits per heavy atom. The number of rotatable bonds is 8. The summed E-state index contributed by atoms with van der Waals surface area (Å²) in [5, 5.41) is 16.5. The molecular weight excluding hydrogens is 447 g/mol. The molecule has 1 aliphatic heterocycles. The number of anilines is 2. The van der Waals surface area contributed by atoms with Crippen molar-refractivity contribution in [2.24, 2.45) is 0 Å². The van der Waals surface area contributed by atoms with Gasteiger partial charge in [-0.15, -0.1) is 10.2 Å². The van der Waals surface area contributed by atoms with Crippen molar-refractivity contribution in [1.29, 1.82) is 0 Å². The molecule has 0 saturated carbocycles. The highest BCUT2D eigenvalue weighted by molar-refractivity contribution is 7.18. The molecule has 0 bridgehead atoms. The summed E-state index contributed by atoms with van der Waals surface area (Å²) < 4.78 is 36.8. The predicted octanol–water partition coefficient (Wildman–Crippen LogP) is 3.36. The molecule has 2 heterocycles. The second-order valence-electron chi connectivity index (χ2n) is 7.18. The number of alkyl halides is 3. The van der Waals surface area contributed by atoms with Crippen molar-refractivity contribution in [3.05, 3.63) is 24.3 Å². The highest BCUT2D eigenvalue weighted by atomic mass is 32.1. The third-order valence-electron chi connectivity index (χ3n) is 4.86. The molecule has 0 spiro atoms.